The maximum absolute atomic E-state index is 12.9. The Kier molecular flexibility index (Phi) is 5.60. The molecule has 140 valence electrons. The summed E-state index contributed by atoms with van der Waals surface area (Å²) in [5.74, 6) is -0.699. The number of rotatable bonds is 5. The zero-order valence-corrected chi connectivity index (χ0v) is 17.0. The number of ether oxygens (including phenoxy) is 1. The van der Waals surface area contributed by atoms with E-state index in [4.69, 9.17) is 4.74 Å². The largest absolute Gasteiger partial charge is 0.462 e. The van der Waals surface area contributed by atoms with Crippen LogP contribution in [-0.4, -0.2) is 27.9 Å². The van der Waals surface area contributed by atoms with Gasteiger partial charge < -0.3 is 10.1 Å². The number of amides is 1. The molecule has 0 bridgehead atoms. The van der Waals surface area contributed by atoms with E-state index in [9.17, 15) is 9.59 Å². The average molecular weight is 430 g/mol. The zero-order valence-electron chi connectivity index (χ0n) is 15.4. The summed E-state index contributed by atoms with van der Waals surface area (Å²) < 4.78 is 7.77. The number of benzene rings is 1. The number of nitrogens with zero attached hydrogens (tertiary/aromatic N) is 2. The number of hydrogen-bond donors (Lipinski definition) is 1. The Morgan fingerprint density at radius 1 is 1.26 bits per heavy atom. The molecule has 0 unspecified atom stereocenters. The number of aromatic nitrogens is 2. The fraction of sp³-hybridized carbons (Fsp3) is 0.250. The summed E-state index contributed by atoms with van der Waals surface area (Å²) in [6.07, 6.45) is 2.57. The fourth-order valence-electron chi connectivity index (χ4n) is 2.85. The molecule has 2 heterocycles. The molecule has 6 nitrogen and oxygen atoms in total. The maximum atomic E-state index is 12.9. The van der Waals surface area contributed by atoms with Crippen LogP contribution >= 0.6 is 15.9 Å². The number of fused-ring (bicyclic) bond motifs is 1. The normalized spacial score (nSPS) is 10.8. The number of hydrogen-bond acceptors (Lipinski definition) is 4. The highest BCUT2D eigenvalue weighted by atomic mass is 79.9. The van der Waals surface area contributed by atoms with Gasteiger partial charge in [0.25, 0.3) is 5.91 Å². The van der Waals surface area contributed by atoms with Crippen molar-refractivity contribution in [1.82, 2.24) is 9.38 Å². The van der Waals surface area contributed by atoms with Crippen LogP contribution in [0.3, 0.4) is 0 Å². The van der Waals surface area contributed by atoms with E-state index in [0.717, 1.165) is 22.1 Å². The summed E-state index contributed by atoms with van der Waals surface area (Å²) in [6.45, 7) is 6.04. The van der Waals surface area contributed by atoms with Crippen LogP contribution < -0.4 is 5.32 Å². The van der Waals surface area contributed by atoms with E-state index in [0.29, 0.717) is 29.2 Å². The third kappa shape index (κ3) is 4.03. The minimum atomic E-state index is -0.404. The summed E-state index contributed by atoms with van der Waals surface area (Å²) in [4.78, 5) is 29.4. The van der Waals surface area contributed by atoms with E-state index in [-0.39, 0.29) is 5.91 Å². The first-order valence-corrected chi connectivity index (χ1v) is 9.43. The van der Waals surface area contributed by atoms with Crippen LogP contribution in [-0.2, 0) is 4.74 Å². The number of carbonyl (C=O) groups excluding carboxylic acids is 2. The summed E-state index contributed by atoms with van der Waals surface area (Å²) in [5, 5.41) is 2.84. The van der Waals surface area contributed by atoms with Crippen molar-refractivity contribution in [2.75, 3.05) is 11.9 Å². The van der Waals surface area contributed by atoms with Gasteiger partial charge in [0, 0.05) is 16.4 Å². The standard InChI is InChI=1S/C20H20BrN3O3/c1-4-8-27-20(26)14-6-5-7-16(10-14)23-19(25)17-13(3)22-18-12(2)9-15(21)11-24(17)18/h5-7,9-11H,4,8H2,1-3H3,(H,23,25). The van der Waals surface area contributed by atoms with Crippen LogP contribution in [0.25, 0.3) is 5.65 Å². The Bertz CT molecular complexity index is 1030. The van der Waals surface area contributed by atoms with E-state index in [2.05, 4.69) is 26.2 Å². The highest BCUT2D eigenvalue weighted by molar-refractivity contribution is 9.10. The van der Waals surface area contributed by atoms with Crippen molar-refractivity contribution in [3.63, 3.8) is 0 Å². The summed E-state index contributed by atoms with van der Waals surface area (Å²) in [7, 11) is 0. The van der Waals surface area contributed by atoms with Crippen molar-refractivity contribution in [2.24, 2.45) is 0 Å². The number of imidazole rings is 1. The molecule has 0 fully saturated rings. The molecule has 2 aromatic heterocycles. The Morgan fingerprint density at radius 2 is 2.04 bits per heavy atom. The lowest BCUT2D eigenvalue weighted by atomic mass is 10.2. The second-order valence-electron chi connectivity index (χ2n) is 6.25. The van der Waals surface area contributed by atoms with E-state index in [1.165, 1.54) is 0 Å². The molecule has 0 aliphatic heterocycles. The van der Waals surface area contributed by atoms with Gasteiger partial charge in [-0.1, -0.05) is 13.0 Å². The number of aryl methyl sites for hydroxylation is 2. The quantitative estimate of drug-likeness (QED) is 0.604. The van der Waals surface area contributed by atoms with Gasteiger partial charge in [0.05, 0.1) is 17.9 Å². The third-order valence-corrected chi connectivity index (χ3v) is 4.49. The van der Waals surface area contributed by atoms with Crippen molar-refractivity contribution in [3.8, 4) is 0 Å². The van der Waals surface area contributed by atoms with Gasteiger partial charge in [0.1, 0.15) is 11.3 Å². The van der Waals surface area contributed by atoms with E-state index >= 15 is 0 Å². The molecule has 0 saturated heterocycles. The molecule has 1 aromatic carbocycles. The first-order valence-electron chi connectivity index (χ1n) is 8.64. The van der Waals surface area contributed by atoms with Crippen molar-refractivity contribution >= 4 is 39.1 Å². The molecule has 0 aliphatic carbocycles. The minimum absolute atomic E-state index is 0.295. The first kappa shape index (κ1) is 19.1. The number of esters is 1. The lowest BCUT2D eigenvalue weighted by molar-refractivity contribution is 0.0505. The Labute approximate surface area is 165 Å². The Balaban J connectivity index is 1.89. The molecule has 1 amide bonds. The molecule has 0 saturated carbocycles. The van der Waals surface area contributed by atoms with Crippen LogP contribution in [0.1, 0.15) is 45.4 Å². The molecular formula is C20H20BrN3O3. The van der Waals surface area contributed by atoms with E-state index < -0.39 is 5.97 Å². The SMILES string of the molecule is CCCOC(=O)c1cccc(NC(=O)c2c(C)nc3c(C)cc(Br)cn23)c1. The molecule has 0 spiro atoms. The van der Waals surface area contributed by atoms with Gasteiger partial charge >= 0.3 is 5.97 Å². The van der Waals surface area contributed by atoms with Crippen LogP contribution in [0.15, 0.2) is 41.0 Å². The maximum Gasteiger partial charge on any atom is 0.338 e. The summed E-state index contributed by atoms with van der Waals surface area (Å²) >= 11 is 3.46. The van der Waals surface area contributed by atoms with Crippen molar-refractivity contribution in [1.29, 1.82) is 0 Å². The molecule has 3 rings (SSSR count). The number of anilines is 1. The van der Waals surface area contributed by atoms with Gasteiger partial charge in [-0.25, -0.2) is 9.78 Å². The monoisotopic (exact) mass is 429 g/mol. The number of nitrogens with one attached hydrogen (secondary N) is 1. The molecule has 0 atom stereocenters. The van der Waals surface area contributed by atoms with Gasteiger partial charge in [-0.15, -0.1) is 0 Å². The molecule has 7 heteroatoms. The van der Waals surface area contributed by atoms with Crippen molar-refractivity contribution in [2.45, 2.75) is 27.2 Å². The van der Waals surface area contributed by atoms with Crippen molar-refractivity contribution in [3.05, 3.63) is 63.5 Å². The topological polar surface area (TPSA) is 72.7 Å². The second kappa shape index (κ2) is 7.92. The van der Waals surface area contributed by atoms with Crippen LogP contribution in [0.2, 0.25) is 0 Å². The number of carbonyl (C=O) groups is 2. The summed E-state index contributed by atoms with van der Waals surface area (Å²) in [5.41, 5.74) is 3.70. The zero-order chi connectivity index (χ0) is 19.6. The number of pyridine rings is 1. The summed E-state index contributed by atoms with van der Waals surface area (Å²) in [6, 6.07) is 8.66. The molecule has 0 aliphatic rings. The van der Waals surface area contributed by atoms with Crippen LogP contribution in [0, 0.1) is 13.8 Å². The van der Waals surface area contributed by atoms with Gasteiger partial charge in [-0.05, 0) is 66.0 Å². The van der Waals surface area contributed by atoms with Gasteiger partial charge in [-0.2, -0.15) is 0 Å². The van der Waals surface area contributed by atoms with Gasteiger partial charge in [-0.3, -0.25) is 9.20 Å². The molecular weight excluding hydrogens is 410 g/mol. The first-order chi connectivity index (χ1) is 12.9. The predicted molar refractivity (Wildman–Crippen MR) is 107 cm³/mol. The van der Waals surface area contributed by atoms with E-state index in [1.807, 2.05) is 26.1 Å². The molecule has 1 N–H and O–H groups in total. The third-order valence-electron chi connectivity index (χ3n) is 4.05. The lowest BCUT2D eigenvalue weighted by Gasteiger charge is -2.09. The second-order valence-corrected chi connectivity index (χ2v) is 7.17. The van der Waals surface area contributed by atoms with E-state index in [1.54, 1.807) is 35.6 Å². The van der Waals surface area contributed by atoms with Gasteiger partial charge in [0.2, 0.25) is 0 Å². The van der Waals surface area contributed by atoms with Crippen LogP contribution in [0.5, 0.6) is 0 Å². The highest BCUT2D eigenvalue weighted by Crippen LogP contribution is 2.22. The Morgan fingerprint density at radius 3 is 2.78 bits per heavy atom. The minimum Gasteiger partial charge on any atom is -0.462 e. The average Bonchev–Trinajstić information content (AvgIpc) is 2.96. The molecule has 27 heavy (non-hydrogen) atoms. The Hall–Kier alpha value is -2.67. The smallest absolute Gasteiger partial charge is 0.338 e. The predicted octanol–water partition coefficient (Wildman–Crippen LogP) is 4.53. The molecule has 3 aromatic rings. The number of halogens is 1. The van der Waals surface area contributed by atoms with Crippen LogP contribution in [0.4, 0.5) is 5.69 Å². The highest BCUT2D eigenvalue weighted by Gasteiger charge is 2.19. The van der Waals surface area contributed by atoms with Crippen molar-refractivity contribution < 1.29 is 14.3 Å². The fourth-order valence-corrected chi connectivity index (χ4v) is 3.40. The van der Waals surface area contributed by atoms with Gasteiger partial charge in [0.15, 0.2) is 0 Å². The molecule has 0 radical (unpaired) electrons. The lowest BCUT2D eigenvalue weighted by Crippen LogP contribution is -2.16.